The third-order valence-corrected chi connectivity index (χ3v) is 5.95. The monoisotopic (exact) mass is 411 g/mol. The van der Waals surface area contributed by atoms with Crippen LogP contribution in [0.2, 0.25) is 0 Å². The number of carboxylic acids is 1. The van der Waals surface area contributed by atoms with Crippen LogP contribution in [-0.4, -0.2) is 74.4 Å². The van der Waals surface area contributed by atoms with Crippen LogP contribution in [-0.2, 0) is 9.53 Å². The van der Waals surface area contributed by atoms with Crippen LogP contribution >= 0.6 is 0 Å². The quantitative estimate of drug-likeness (QED) is 0.369. The molecule has 0 amide bonds. The molecule has 1 aromatic rings. The van der Waals surface area contributed by atoms with Crippen LogP contribution in [0, 0.1) is 0 Å². The molecule has 0 spiro atoms. The minimum Gasteiger partial charge on any atom is -0.479 e. The predicted octanol–water partition coefficient (Wildman–Crippen LogP) is -0.305. The lowest BCUT2D eigenvalue weighted by Gasteiger charge is -2.39. The number of aliphatic hydroxyl groups is 4. The summed E-state index contributed by atoms with van der Waals surface area (Å²) in [5.74, 6) is -1.42. The Labute approximate surface area is 168 Å². The number of aliphatic hydroxyl groups excluding tert-OH is 3. The van der Waals surface area contributed by atoms with Crippen LogP contribution in [0.5, 0.6) is 5.75 Å². The average molecular weight is 411 g/mol. The van der Waals surface area contributed by atoms with Gasteiger partial charge in [-0.05, 0) is 30.5 Å². The van der Waals surface area contributed by atoms with Crippen LogP contribution in [0.25, 0.3) is 0 Å². The Balaban J connectivity index is 1.72. The second-order valence-electron chi connectivity index (χ2n) is 7.87. The normalized spacial score (nSPS) is 33.1. The first-order valence-electron chi connectivity index (χ1n) is 9.88. The minimum absolute atomic E-state index is 0.221. The lowest BCUT2D eigenvalue weighted by molar-refractivity contribution is -0.271. The van der Waals surface area contributed by atoms with E-state index >= 15 is 0 Å². The topological polar surface area (TPSA) is 163 Å². The molecule has 0 radical (unpaired) electrons. The number of hydrogen-bond acceptors (Lipinski definition) is 8. The van der Waals surface area contributed by atoms with Crippen molar-refractivity contribution in [3.8, 4) is 5.75 Å². The molecule has 0 bridgehead atoms. The van der Waals surface area contributed by atoms with E-state index in [1.165, 1.54) is 0 Å². The molecular weight excluding hydrogens is 382 g/mol. The lowest BCUT2D eigenvalue weighted by Crippen LogP contribution is -2.61. The molecular formula is C20H29NO8. The van der Waals surface area contributed by atoms with Gasteiger partial charge in [0.05, 0.1) is 5.60 Å². The molecule has 1 aromatic carbocycles. The van der Waals surface area contributed by atoms with Crippen molar-refractivity contribution < 1.29 is 39.8 Å². The standard InChI is InChI=1S/C20H29NO8/c21-10-13(20(27)8-2-1-3-9-20)11-4-6-12(7-5-11)28-19-16(24)14(22)15(23)17(29-19)18(25)26/h4-7,13-17,19,22-24,27H,1-3,8-10,21H2,(H,25,26)/t13-,14-,15-,16+,17-,19+/m0/s1. The van der Waals surface area contributed by atoms with Gasteiger partial charge in [-0.2, -0.15) is 0 Å². The van der Waals surface area contributed by atoms with E-state index in [2.05, 4.69) is 0 Å². The van der Waals surface area contributed by atoms with E-state index in [1.807, 2.05) is 0 Å². The molecule has 29 heavy (non-hydrogen) atoms. The summed E-state index contributed by atoms with van der Waals surface area (Å²) < 4.78 is 10.6. The number of carbonyl (C=O) groups is 1. The Morgan fingerprint density at radius 1 is 1.10 bits per heavy atom. The van der Waals surface area contributed by atoms with Gasteiger partial charge in [0.15, 0.2) is 6.10 Å². The van der Waals surface area contributed by atoms with Crippen molar-refractivity contribution in [1.29, 1.82) is 0 Å². The van der Waals surface area contributed by atoms with Gasteiger partial charge in [-0.1, -0.05) is 31.4 Å². The molecule has 6 atom stereocenters. The van der Waals surface area contributed by atoms with Gasteiger partial charge in [0.2, 0.25) is 6.29 Å². The van der Waals surface area contributed by atoms with Gasteiger partial charge in [-0.3, -0.25) is 0 Å². The summed E-state index contributed by atoms with van der Waals surface area (Å²) in [6.45, 7) is 0.297. The number of nitrogens with two attached hydrogens (primary N) is 1. The van der Waals surface area contributed by atoms with E-state index in [4.69, 9.17) is 20.3 Å². The second-order valence-corrected chi connectivity index (χ2v) is 7.87. The van der Waals surface area contributed by atoms with Gasteiger partial charge in [0.25, 0.3) is 0 Å². The molecule has 162 valence electrons. The Morgan fingerprint density at radius 3 is 2.28 bits per heavy atom. The van der Waals surface area contributed by atoms with E-state index in [0.717, 1.165) is 24.8 Å². The van der Waals surface area contributed by atoms with Gasteiger partial charge < -0.3 is 40.7 Å². The molecule has 2 fully saturated rings. The second kappa shape index (κ2) is 8.95. The fraction of sp³-hybridized carbons (Fsp3) is 0.650. The zero-order valence-corrected chi connectivity index (χ0v) is 16.1. The third-order valence-electron chi connectivity index (χ3n) is 5.95. The molecule has 1 aliphatic carbocycles. The van der Waals surface area contributed by atoms with Crippen molar-refractivity contribution in [3.05, 3.63) is 29.8 Å². The summed E-state index contributed by atoms with van der Waals surface area (Å²) in [7, 11) is 0. The number of ether oxygens (including phenoxy) is 2. The summed E-state index contributed by atoms with van der Waals surface area (Å²) in [5.41, 5.74) is 5.96. The summed E-state index contributed by atoms with van der Waals surface area (Å²) in [4.78, 5) is 11.2. The zero-order valence-electron chi connectivity index (χ0n) is 16.1. The number of hydrogen-bond donors (Lipinski definition) is 6. The van der Waals surface area contributed by atoms with Crippen molar-refractivity contribution in [2.45, 2.75) is 74.3 Å². The van der Waals surface area contributed by atoms with E-state index < -0.39 is 42.3 Å². The highest BCUT2D eigenvalue weighted by atomic mass is 16.7. The lowest BCUT2D eigenvalue weighted by atomic mass is 9.73. The first-order valence-corrected chi connectivity index (χ1v) is 9.88. The molecule has 1 heterocycles. The first kappa shape index (κ1) is 21.9. The SMILES string of the molecule is NC[C@@H](c1ccc(O[C@@H]2O[C@H](C(=O)O)[C@@H](O)[C@H](O)[C@H]2O)cc1)C1(O)CCCCC1. The zero-order chi connectivity index (χ0) is 21.2. The van der Waals surface area contributed by atoms with Gasteiger partial charge in [0.1, 0.15) is 24.1 Å². The highest BCUT2D eigenvalue weighted by Crippen LogP contribution is 2.39. The Kier molecular flexibility index (Phi) is 6.77. The Hall–Kier alpha value is -1.75. The Morgan fingerprint density at radius 2 is 1.72 bits per heavy atom. The summed E-state index contributed by atoms with van der Waals surface area (Å²) in [6.07, 6.45) is -3.88. The molecule has 3 rings (SSSR count). The molecule has 9 nitrogen and oxygen atoms in total. The number of rotatable bonds is 6. The van der Waals surface area contributed by atoms with Crippen LogP contribution in [0.15, 0.2) is 24.3 Å². The number of aliphatic carboxylic acids is 1. The first-order chi connectivity index (χ1) is 13.8. The van der Waals surface area contributed by atoms with Gasteiger partial charge in [-0.15, -0.1) is 0 Å². The predicted molar refractivity (Wildman–Crippen MR) is 101 cm³/mol. The van der Waals surface area contributed by atoms with E-state index in [-0.39, 0.29) is 11.7 Å². The minimum atomic E-state index is -1.77. The molecule has 0 aromatic heterocycles. The summed E-state index contributed by atoms with van der Waals surface area (Å²) in [5, 5.41) is 49.8. The van der Waals surface area contributed by atoms with Gasteiger partial charge >= 0.3 is 5.97 Å². The van der Waals surface area contributed by atoms with Crippen LogP contribution < -0.4 is 10.5 Å². The van der Waals surface area contributed by atoms with Crippen LogP contribution in [0.3, 0.4) is 0 Å². The molecule has 9 heteroatoms. The molecule has 1 aliphatic heterocycles. The van der Waals surface area contributed by atoms with Gasteiger partial charge in [-0.25, -0.2) is 4.79 Å². The number of benzene rings is 1. The molecule has 1 saturated heterocycles. The van der Waals surface area contributed by atoms with Crippen molar-refractivity contribution in [3.63, 3.8) is 0 Å². The maximum atomic E-state index is 11.2. The molecule has 0 unspecified atom stereocenters. The van der Waals surface area contributed by atoms with Crippen molar-refractivity contribution >= 4 is 5.97 Å². The highest BCUT2D eigenvalue weighted by molar-refractivity contribution is 5.73. The Bertz CT molecular complexity index is 690. The van der Waals surface area contributed by atoms with Crippen molar-refractivity contribution in [2.24, 2.45) is 5.73 Å². The fourth-order valence-electron chi connectivity index (χ4n) is 4.24. The number of carboxylic acid groups (broad SMARTS) is 1. The van der Waals surface area contributed by atoms with E-state index in [9.17, 15) is 25.2 Å². The largest absolute Gasteiger partial charge is 0.479 e. The summed E-state index contributed by atoms with van der Waals surface area (Å²) >= 11 is 0. The average Bonchev–Trinajstić information content (AvgIpc) is 2.70. The maximum Gasteiger partial charge on any atom is 0.335 e. The van der Waals surface area contributed by atoms with Crippen LogP contribution in [0.1, 0.15) is 43.6 Å². The third kappa shape index (κ3) is 4.55. The molecule has 7 N–H and O–H groups in total. The summed E-state index contributed by atoms with van der Waals surface area (Å²) in [6, 6.07) is 6.73. The molecule has 2 aliphatic rings. The maximum absolute atomic E-state index is 11.2. The highest BCUT2D eigenvalue weighted by Gasteiger charge is 2.48. The van der Waals surface area contributed by atoms with Crippen LogP contribution in [0.4, 0.5) is 0 Å². The smallest absolute Gasteiger partial charge is 0.335 e. The van der Waals surface area contributed by atoms with Crippen molar-refractivity contribution in [1.82, 2.24) is 0 Å². The van der Waals surface area contributed by atoms with E-state index in [1.54, 1.807) is 24.3 Å². The van der Waals surface area contributed by atoms with E-state index in [0.29, 0.717) is 19.4 Å². The molecule has 1 saturated carbocycles. The van der Waals surface area contributed by atoms with Gasteiger partial charge in [0, 0.05) is 12.5 Å². The van der Waals surface area contributed by atoms with Crippen molar-refractivity contribution in [2.75, 3.05) is 6.54 Å². The fourth-order valence-corrected chi connectivity index (χ4v) is 4.24.